The molecule has 2 atom stereocenters. The number of aliphatic hydroxyl groups excluding tert-OH is 1. The van der Waals surface area contributed by atoms with Gasteiger partial charge in [-0.05, 0) is 56.5 Å². The van der Waals surface area contributed by atoms with Crippen LogP contribution in [-0.2, 0) is 14.8 Å². The first-order valence-corrected chi connectivity index (χ1v) is 12.2. The van der Waals surface area contributed by atoms with Crippen molar-refractivity contribution in [1.82, 2.24) is 4.90 Å². The Morgan fingerprint density at radius 1 is 1.10 bits per heavy atom. The summed E-state index contributed by atoms with van der Waals surface area (Å²) in [6.07, 6.45) is 2.59. The lowest BCUT2D eigenvalue weighted by atomic mass is 9.91. The van der Waals surface area contributed by atoms with Crippen molar-refractivity contribution in [3.05, 3.63) is 58.6 Å². The molecule has 0 aliphatic heterocycles. The maximum atomic E-state index is 13.6. The number of rotatable bonds is 6. The molecule has 1 amide bonds. The monoisotopic (exact) mass is 464 g/mol. The minimum absolute atomic E-state index is 0.102. The molecule has 1 fully saturated rings. The minimum Gasteiger partial charge on any atom is -0.391 e. The van der Waals surface area contributed by atoms with Crippen molar-refractivity contribution in [2.45, 2.75) is 56.6 Å². The Hall–Kier alpha value is -2.09. The summed E-state index contributed by atoms with van der Waals surface area (Å²) in [6.45, 7) is 3.28. The molecule has 0 bridgehead atoms. The third-order valence-electron chi connectivity index (χ3n) is 5.91. The Morgan fingerprint density at radius 3 is 2.39 bits per heavy atom. The highest BCUT2D eigenvalue weighted by atomic mass is 35.5. The topological polar surface area (TPSA) is 77.9 Å². The predicted octanol–water partition coefficient (Wildman–Crippen LogP) is 3.91. The molecule has 2 unspecified atom stereocenters. The fourth-order valence-electron chi connectivity index (χ4n) is 3.95. The number of carbonyl (C=O) groups is 1. The second-order valence-corrected chi connectivity index (χ2v) is 10.5. The van der Waals surface area contributed by atoms with E-state index in [1.807, 2.05) is 6.92 Å². The fraction of sp³-hybridized carbons (Fsp3) is 0.435. The maximum absolute atomic E-state index is 13.6. The average molecular weight is 465 g/mol. The van der Waals surface area contributed by atoms with Crippen molar-refractivity contribution < 1.29 is 18.3 Å². The van der Waals surface area contributed by atoms with Crippen LogP contribution in [0.3, 0.4) is 0 Å². The number of halogens is 1. The van der Waals surface area contributed by atoms with Gasteiger partial charge in [0.05, 0.1) is 22.7 Å². The van der Waals surface area contributed by atoms with Gasteiger partial charge in [-0.3, -0.25) is 9.10 Å². The van der Waals surface area contributed by atoms with E-state index in [9.17, 15) is 18.3 Å². The van der Waals surface area contributed by atoms with Gasteiger partial charge in [0.15, 0.2) is 0 Å². The zero-order valence-corrected chi connectivity index (χ0v) is 19.7. The number of amides is 1. The van der Waals surface area contributed by atoms with Crippen molar-refractivity contribution in [2.75, 3.05) is 17.9 Å². The fourth-order valence-corrected chi connectivity index (χ4v) is 5.59. The molecule has 1 aliphatic carbocycles. The molecule has 1 aliphatic rings. The first kappa shape index (κ1) is 23.6. The Labute approximate surface area is 189 Å². The van der Waals surface area contributed by atoms with Crippen LogP contribution in [0.15, 0.2) is 47.4 Å². The van der Waals surface area contributed by atoms with Crippen LogP contribution in [0.2, 0.25) is 5.02 Å². The number of aliphatic hydroxyl groups is 1. The zero-order chi connectivity index (χ0) is 22.8. The molecule has 2 aromatic rings. The van der Waals surface area contributed by atoms with E-state index < -0.39 is 16.1 Å². The van der Waals surface area contributed by atoms with Gasteiger partial charge in [-0.25, -0.2) is 8.42 Å². The number of nitrogens with zero attached hydrogens (tertiary/aromatic N) is 2. The molecule has 0 radical (unpaired) electrons. The van der Waals surface area contributed by atoms with Crippen LogP contribution in [0.25, 0.3) is 0 Å². The van der Waals surface area contributed by atoms with Crippen LogP contribution in [-0.4, -0.2) is 50.1 Å². The second-order valence-electron chi connectivity index (χ2n) is 8.18. The summed E-state index contributed by atoms with van der Waals surface area (Å²) in [5.41, 5.74) is 1.98. The number of hydrogen-bond acceptors (Lipinski definition) is 4. The van der Waals surface area contributed by atoms with Crippen LogP contribution in [0.5, 0.6) is 0 Å². The molecule has 31 heavy (non-hydrogen) atoms. The Balaban J connectivity index is 1.99. The van der Waals surface area contributed by atoms with Crippen molar-refractivity contribution in [3.8, 4) is 0 Å². The molecule has 8 heteroatoms. The predicted molar refractivity (Wildman–Crippen MR) is 123 cm³/mol. The number of benzene rings is 2. The summed E-state index contributed by atoms with van der Waals surface area (Å²) < 4.78 is 28.3. The highest BCUT2D eigenvalue weighted by Crippen LogP contribution is 2.30. The highest BCUT2D eigenvalue weighted by molar-refractivity contribution is 7.92. The Kier molecular flexibility index (Phi) is 7.29. The summed E-state index contributed by atoms with van der Waals surface area (Å²) in [4.78, 5) is 14.8. The lowest BCUT2D eigenvalue weighted by molar-refractivity contribution is -0.133. The summed E-state index contributed by atoms with van der Waals surface area (Å²) in [5.74, 6) is -0.374. The van der Waals surface area contributed by atoms with Gasteiger partial charge in [-0.2, -0.15) is 0 Å². The van der Waals surface area contributed by atoms with Gasteiger partial charge in [0.1, 0.15) is 6.54 Å². The summed E-state index contributed by atoms with van der Waals surface area (Å²) in [6, 6.07) is 11.2. The maximum Gasteiger partial charge on any atom is 0.264 e. The van der Waals surface area contributed by atoms with Gasteiger partial charge < -0.3 is 10.0 Å². The van der Waals surface area contributed by atoms with E-state index >= 15 is 0 Å². The number of anilines is 1. The minimum atomic E-state index is -4.02. The normalized spacial score (nSPS) is 19.1. The highest BCUT2D eigenvalue weighted by Gasteiger charge is 2.33. The largest absolute Gasteiger partial charge is 0.391 e. The smallest absolute Gasteiger partial charge is 0.264 e. The molecule has 1 N–H and O–H groups in total. The first-order valence-electron chi connectivity index (χ1n) is 10.4. The van der Waals surface area contributed by atoms with Crippen LogP contribution in [0.4, 0.5) is 5.69 Å². The second kappa shape index (κ2) is 9.59. The molecule has 3 rings (SSSR count). The van der Waals surface area contributed by atoms with E-state index in [-0.39, 0.29) is 23.4 Å². The molecular formula is C23H29ClN2O4S. The van der Waals surface area contributed by atoms with E-state index in [4.69, 9.17) is 11.6 Å². The SMILES string of the molecule is Cc1ccc(S(=O)(=O)N(CC(=O)N(C)C2CCCCC2O)c2cc(Cl)ccc2C)cc1. The molecule has 168 valence electrons. The molecule has 0 saturated heterocycles. The van der Waals surface area contributed by atoms with Gasteiger partial charge in [-0.15, -0.1) is 0 Å². The van der Waals surface area contributed by atoms with Crippen LogP contribution in [0, 0.1) is 13.8 Å². The van der Waals surface area contributed by atoms with Crippen LogP contribution in [0.1, 0.15) is 36.8 Å². The van der Waals surface area contributed by atoms with E-state index in [0.29, 0.717) is 29.1 Å². The zero-order valence-electron chi connectivity index (χ0n) is 18.1. The van der Waals surface area contributed by atoms with Gasteiger partial charge in [0.2, 0.25) is 5.91 Å². The standard InChI is InChI=1S/C23H29ClN2O4S/c1-16-8-12-19(13-9-16)31(29,30)26(21-14-18(24)11-10-17(21)2)15-23(28)25(3)20-6-4-5-7-22(20)27/h8-14,20,22,27H,4-7,15H2,1-3H3. The van der Waals surface area contributed by atoms with Gasteiger partial charge in [0, 0.05) is 12.1 Å². The average Bonchev–Trinajstić information content (AvgIpc) is 2.74. The van der Waals surface area contributed by atoms with Crippen molar-refractivity contribution in [3.63, 3.8) is 0 Å². The number of aryl methyl sites for hydroxylation is 2. The number of likely N-dealkylation sites (N-methyl/N-ethyl adjacent to an activating group) is 1. The Morgan fingerprint density at radius 2 is 1.74 bits per heavy atom. The molecule has 0 spiro atoms. The first-order chi connectivity index (χ1) is 14.6. The molecular weight excluding hydrogens is 436 g/mol. The summed E-state index contributed by atoms with van der Waals surface area (Å²) in [5, 5.41) is 10.7. The molecule has 6 nitrogen and oxygen atoms in total. The third kappa shape index (κ3) is 5.22. The third-order valence-corrected chi connectivity index (χ3v) is 7.92. The van der Waals surface area contributed by atoms with Gasteiger partial charge in [-0.1, -0.05) is 48.2 Å². The quantitative estimate of drug-likeness (QED) is 0.702. The molecule has 2 aromatic carbocycles. The van der Waals surface area contributed by atoms with Crippen molar-refractivity contribution in [1.29, 1.82) is 0 Å². The van der Waals surface area contributed by atoms with E-state index in [1.165, 1.54) is 17.0 Å². The Bertz CT molecular complexity index is 1040. The van der Waals surface area contributed by atoms with Gasteiger partial charge >= 0.3 is 0 Å². The van der Waals surface area contributed by atoms with E-state index in [1.54, 1.807) is 44.3 Å². The van der Waals surface area contributed by atoms with Crippen LogP contribution >= 0.6 is 11.6 Å². The molecule has 0 aromatic heterocycles. The molecule has 0 heterocycles. The van der Waals surface area contributed by atoms with Crippen LogP contribution < -0.4 is 4.31 Å². The number of carbonyl (C=O) groups excluding carboxylic acids is 1. The van der Waals surface area contributed by atoms with E-state index in [2.05, 4.69) is 0 Å². The molecule has 1 saturated carbocycles. The number of sulfonamides is 1. The number of hydrogen-bond donors (Lipinski definition) is 1. The summed E-state index contributed by atoms with van der Waals surface area (Å²) in [7, 11) is -2.39. The van der Waals surface area contributed by atoms with Crippen molar-refractivity contribution in [2.24, 2.45) is 0 Å². The van der Waals surface area contributed by atoms with Crippen molar-refractivity contribution >= 4 is 33.2 Å². The van der Waals surface area contributed by atoms with E-state index in [0.717, 1.165) is 22.7 Å². The van der Waals surface area contributed by atoms with Gasteiger partial charge in [0.25, 0.3) is 10.0 Å². The lowest BCUT2D eigenvalue weighted by Crippen LogP contribution is -2.50. The lowest BCUT2D eigenvalue weighted by Gasteiger charge is -2.36. The summed E-state index contributed by atoms with van der Waals surface area (Å²) >= 11 is 6.17.